The Hall–Kier alpha value is -4.25. The van der Waals surface area contributed by atoms with Crippen molar-refractivity contribution in [3.8, 4) is 17.7 Å². The fourth-order valence-corrected chi connectivity index (χ4v) is 4.73. The van der Waals surface area contributed by atoms with E-state index in [0.717, 1.165) is 16.9 Å². The van der Waals surface area contributed by atoms with Crippen LogP contribution in [0.1, 0.15) is 29.3 Å². The third-order valence-corrected chi connectivity index (χ3v) is 6.12. The van der Waals surface area contributed by atoms with Crippen LogP contribution in [-0.4, -0.2) is 23.2 Å². The second kappa shape index (κ2) is 7.17. The molecule has 0 aliphatic carbocycles. The van der Waals surface area contributed by atoms with E-state index in [0.29, 0.717) is 29.8 Å². The predicted molar refractivity (Wildman–Crippen MR) is 117 cm³/mol. The summed E-state index contributed by atoms with van der Waals surface area (Å²) in [6.07, 6.45) is 0.581. The van der Waals surface area contributed by atoms with Gasteiger partial charge in [0.15, 0.2) is 0 Å². The molecule has 3 aromatic rings. The highest BCUT2D eigenvalue weighted by Gasteiger charge is 2.60. The van der Waals surface area contributed by atoms with E-state index in [-0.39, 0.29) is 23.2 Å². The number of para-hydroxylation sites is 1. The van der Waals surface area contributed by atoms with Crippen LogP contribution in [0.2, 0.25) is 0 Å². The van der Waals surface area contributed by atoms with E-state index in [1.807, 2.05) is 55.5 Å². The number of aromatic nitrogens is 2. The zero-order valence-corrected chi connectivity index (χ0v) is 17.7. The number of anilines is 1. The van der Waals surface area contributed by atoms with Crippen molar-refractivity contribution in [1.82, 2.24) is 10.2 Å². The number of nitrogens with two attached hydrogens (primary N) is 1. The fraction of sp³-hybridized carbons (Fsp3) is 0.208. The molecule has 0 fully saturated rings. The third-order valence-electron chi connectivity index (χ3n) is 6.12. The van der Waals surface area contributed by atoms with Gasteiger partial charge in [0.1, 0.15) is 22.8 Å². The maximum Gasteiger partial charge on any atom is 0.248 e. The first-order chi connectivity index (χ1) is 15.6. The lowest BCUT2D eigenvalue weighted by Gasteiger charge is -2.32. The Morgan fingerprint density at radius 2 is 2.09 bits per heavy atom. The van der Waals surface area contributed by atoms with E-state index in [2.05, 4.69) is 16.3 Å². The number of nitrogens with zero attached hydrogens (tertiary/aromatic N) is 3. The van der Waals surface area contributed by atoms with Gasteiger partial charge in [-0.1, -0.05) is 37.3 Å². The van der Waals surface area contributed by atoms with Crippen LogP contribution >= 0.6 is 0 Å². The smallest absolute Gasteiger partial charge is 0.248 e. The van der Waals surface area contributed by atoms with Gasteiger partial charge in [-0.3, -0.25) is 9.89 Å². The lowest BCUT2D eigenvalue weighted by molar-refractivity contribution is -0.121. The number of methoxy groups -OCH3 is 1. The second-order valence-corrected chi connectivity index (χ2v) is 7.70. The van der Waals surface area contributed by atoms with E-state index in [1.165, 1.54) is 0 Å². The largest absolute Gasteiger partial charge is 0.497 e. The summed E-state index contributed by atoms with van der Waals surface area (Å²) in [6, 6.07) is 17.2. The summed E-state index contributed by atoms with van der Waals surface area (Å²) >= 11 is 0. The minimum atomic E-state index is -1.42. The summed E-state index contributed by atoms with van der Waals surface area (Å²) in [5.74, 6) is 0.558. The third kappa shape index (κ3) is 2.48. The molecular formula is C24H21N5O3. The minimum absolute atomic E-state index is 0.0756. The second-order valence-electron chi connectivity index (χ2n) is 7.70. The number of ether oxygens (including phenoxy) is 2. The summed E-state index contributed by atoms with van der Waals surface area (Å²) in [5.41, 5.74) is 8.40. The molecule has 0 radical (unpaired) electrons. The molecule has 1 aromatic heterocycles. The average molecular weight is 427 g/mol. The Bertz CT molecular complexity index is 1320. The summed E-state index contributed by atoms with van der Waals surface area (Å²) in [6.45, 7) is 2.26. The molecule has 8 heteroatoms. The Kier molecular flexibility index (Phi) is 4.41. The molecule has 2 aliphatic rings. The number of amides is 1. The summed E-state index contributed by atoms with van der Waals surface area (Å²) in [5, 5.41) is 17.3. The first kappa shape index (κ1) is 19.7. The van der Waals surface area contributed by atoms with E-state index < -0.39 is 5.41 Å². The van der Waals surface area contributed by atoms with Crippen LogP contribution in [0.5, 0.6) is 11.6 Å². The number of hydrogen-bond donors (Lipinski definition) is 2. The first-order valence-electron chi connectivity index (χ1n) is 10.3. The van der Waals surface area contributed by atoms with E-state index >= 15 is 0 Å². The molecule has 0 saturated heterocycles. The van der Waals surface area contributed by atoms with Crippen LogP contribution in [-0.2, 0) is 23.2 Å². The zero-order chi connectivity index (χ0) is 22.5. The molecule has 1 amide bonds. The SMILES string of the molecule is CCc1[nH]nc2c1C1(C(=O)N(Cc3cccc(OC)c3)c3ccccc31)C(C#N)=C(N)O2. The number of nitrogens with one attached hydrogen (secondary N) is 1. The van der Waals surface area contributed by atoms with Crippen LogP contribution in [0.15, 0.2) is 60.0 Å². The highest BCUT2D eigenvalue weighted by molar-refractivity contribution is 6.14. The molecular weight excluding hydrogens is 406 g/mol. The maximum atomic E-state index is 14.3. The molecule has 32 heavy (non-hydrogen) atoms. The molecule has 2 aromatic carbocycles. The Morgan fingerprint density at radius 3 is 2.84 bits per heavy atom. The molecule has 0 bridgehead atoms. The van der Waals surface area contributed by atoms with Gasteiger partial charge in [-0.25, -0.2) is 0 Å². The number of benzene rings is 2. The standard InChI is InChI=1S/C24H21N5O3/c1-3-18-20-22(28-27-18)32-21(26)17(12-25)24(20)16-9-4-5-10-19(16)29(23(24)30)13-14-7-6-8-15(11-14)31-2/h4-11H,3,13,26H2,1-2H3,(H,27,28). The molecule has 3 heterocycles. The number of carbonyl (C=O) groups excluding carboxylic acids is 1. The van der Waals surface area contributed by atoms with Crippen LogP contribution in [0.25, 0.3) is 0 Å². The Balaban J connectivity index is 1.76. The highest BCUT2D eigenvalue weighted by atomic mass is 16.5. The quantitative estimate of drug-likeness (QED) is 0.661. The van der Waals surface area contributed by atoms with Gasteiger partial charge in [0.25, 0.3) is 0 Å². The number of rotatable bonds is 4. The van der Waals surface area contributed by atoms with Crippen molar-refractivity contribution >= 4 is 11.6 Å². The average Bonchev–Trinajstić information content (AvgIpc) is 3.33. The molecule has 160 valence electrons. The summed E-state index contributed by atoms with van der Waals surface area (Å²) < 4.78 is 11.0. The number of H-pyrrole nitrogens is 1. The minimum Gasteiger partial charge on any atom is -0.497 e. The van der Waals surface area contributed by atoms with Crippen LogP contribution < -0.4 is 20.1 Å². The normalized spacial score (nSPS) is 18.9. The molecule has 1 unspecified atom stereocenters. The molecule has 5 rings (SSSR count). The van der Waals surface area contributed by atoms with Crippen molar-refractivity contribution in [2.75, 3.05) is 12.0 Å². The van der Waals surface area contributed by atoms with Crippen LogP contribution in [0.3, 0.4) is 0 Å². The maximum absolute atomic E-state index is 14.3. The molecule has 8 nitrogen and oxygen atoms in total. The molecule has 2 aliphatic heterocycles. The number of nitriles is 1. The van der Waals surface area contributed by atoms with Gasteiger partial charge in [-0.05, 0) is 30.2 Å². The van der Waals surface area contributed by atoms with Crippen molar-refractivity contribution in [3.05, 3.63) is 82.4 Å². The molecule has 3 N–H and O–H groups in total. The first-order valence-corrected chi connectivity index (χ1v) is 10.3. The van der Waals surface area contributed by atoms with Crippen LogP contribution in [0.4, 0.5) is 5.69 Å². The van der Waals surface area contributed by atoms with Gasteiger partial charge in [0, 0.05) is 16.9 Å². The highest BCUT2D eigenvalue weighted by Crippen LogP contribution is 2.56. The Morgan fingerprint density at radius 1 is 1.28 bits per heavy atom. The number of hydrogen-bond acceptors (Lipinski definition) is 6. The number of fused-ring (bicyclic) bond motifs is 4. The summed E-state index contributed by atoms with van der Waals surface area (Å²) in [7, 11) is 1.60. The van der Waals surface area contributed by atoms with Crippen molar-refractivity contribution < 1.29 is 14.3 Å². The number of aryl methyl sites for hydroxylation is 1. The lowest BCUT2D eigenvalue weighted by Crippen LogP contribution is -2.46. The van der Waals surface area contributed by atoms with Crippen molar-refractivity contribution in [1.29, 1.82) is 5.26 Å². The molecule has 1 atom stereocenters. The Labute approximate surface area is 184 Å². The number of aromatic amines is 1. The fourth-order valence-electron chi connectivity index (χ4n) is 4.73. The van der Waals surface area contributed by atoms with Gasteiger partial charge >= 0.3 is 0 Å². The molecule has 0 saturated carbocycles. The van der Waals surface area contributed by atoms with Gasteiger partial charge in [0.2, 0.25) is 17.7 Å². The predicted octanol–water partition coefficient (Wildman–Crippen LogP) is 2.90. The zero-order valence-electron chi connectivity index (χ0n) is 17.7. The van der Waals surface area contributed by atoms with Gasteiger partial charge in [-0.2, -0.15) is 5.26 Å². The van der Waals surface area contributed by atoms with Gasteiger partial charge in [0.05, 0.1) is 19.2 Å². The van der Waals surface area contributed by atoms with Crippen molar-refractivity contribution in [3.63, 3.8) is 0 Å². The van der Waals surface area contributed by atoms with Gasteiger partial charge in [-0.15, -0.1) is 5.10 Å². The lowest BCUT2D eigenvalue weighted by atomic mass is 9.69. The molecule has 1 spiro atoms. The van der Waals surface area contributed by atoms with Crippen molar-refractivity contribution in [2.45, 2.75) is 25.3 Å². The topological polar surface area (TPSA) is 117 Å². The van der Waals surface area contributed by atoms with E-state index in [1.54, 1.807) is 12.0 Å². The van der Waals surface area contributed by atoms with Crippen LogP contribution in [0, 0.1) is 11.3 Å². The van der Waals surface area contributed by atoms with E-state index in [4.69, 9.17) is 15.2 Å². The van der Waals surface area contributed by atoms with Gasteiger partial charge < -0.3 is 20.1 Å². The number of carbonyl (C=O) groups is 1. The monoisotopic (exact) mass is 427 g/mol. The van der Waals surface area contributed by atoms with E-state index in [9.17, 15) is 10.1 Å². The van der Waals surface area contributed by atoms with Crippen molar-refractivity contribution in [2.24, 2.45) is 5.73 Å². The summed E-state index contributed by atoms with van der Waals surface area (Å²) in [4.78, 5) is 16.0.